The van der Waals surface area contributed by atoms with Gasteiger partial charge in [0.2, 0.25) is 5.91 Å². The van der Waals surface area contributed by atoms with E-state index in [-0.39, 0.29) is 24.1 Å². The molecule has 4 nitrogen and oxygen atoms in total. The highest BCUT2D eigenvalue weighted by Crippen LogP contribution is 2.14. The minimum absolute atomic E-state index is 0. The molecule has 6 heteroatoms. The molecule has 0 aliphatic carbocycles. The largest absolute Gasteiger partial charge is 0.351 e. The standard InChI is InChI=1S/C15H22FN3O.ClH/c1-11-2-3-12(6-14(11)16)8-18-15(20)10-19-5-4-13(7-17)9-19;/h2-3,6,13H,4-5,7-10,17H2,1H3,(H,18,20);1H. The van der Waals surface area contributed by atoms with Crippen LogP contribution in [-0.2, 0) is 11.3 Å². The van der Waals surface area contributed by atoms with Crippen molar-refractivity contribution in [1.29, 1.82) is 0 Å². The van der Waals surface area contributed by atoms with Crippen LogP contribution in [0.4, 0.5) is 4.39 Å². The quantitative estimate of drug-likeness (QED) is 0.865. The third kappa shape index (κ3) is 5.26. The first-order valence-electron chi connectivity index (χ1n) is 7.02. The van der Waals surface area contributed by atoms with Gasteiger partial charge in [-0.3, -0.25) is 9.69 Å². The number of carbonyl (C=O) groups excluding carboxylic acids is 1. The van der Waals surface area contributed by atoms with Gasteiger partial charge in [0.15, 0.2) is 0 Å². The number of nitrogens with zero attached hydrogens (tertiary/aromatic N) is 1. The van der Waals surface area contributed by atoms with Crippen molar-refractivity contribution < 1.29 is 9.18 Å². The smallest absolute Gasteiger partial charge is 0.234 e. The topological polar surface area (TPSA) is 58.4 Å². The lowest BCUT2D eigenvalue weighted by Gasteiger charge is -2.15. The lowest BCUT2D eigenvalue weighted by molar-refractivity contribution is -0.122. The Hall–Kier alpha value is -1.17. The van der Waals surface area contributed by atoms with E-state index in [1.807, 2.05) is 6.07 Å². The molecule has 21 heavy (non-hydrogen) atoms. The van der Waals surface area contributed by atoms with Crippen molar-refractivity contribution >= 4 is 18.3 Å². The van der Waals surface area contributed by atoms with E-state index in [4.69, 9.17) is 5.73 Å². The van der Waals surface area contributed by atoms with Crippen LogP contribution in [0.1, 0.15) is 17.5 Å². The van der Waals surface area contributed by atoms with Gasteiger partial charge < -0.3 is 11.1 Å². The molecule has 3 N–H and O–H groups in total. The van der Waals surface area contributed by atoms with Crippen LogP contribution in [0.25, 0.3) is 0 Å². The van der Waals surface area contributed by atoms with Crippen molar-refractivity contribution in [3.63, 3.8) is 0 Å². The summed E-state index contributed by atoms with van der Waals surface area (Å²) in [7, 11) is 0. The van der Waals surface area contributed by atoms with Crippen LogP contribution in [-0.4, -0.2) is 37.0 Å². The molecule has 1 amide bonds. The van der Waals surface area contributed by atoms with Crippen LogP contribution >= 0.6 is 12.4 Å². The molecule has 1 aromatic carbocycles. The number of carbonyl (C=O) groups is 1. The molecule has 118 valence electrons. The molecule has 0 bridgehead atoms. The molecular formula is C15H23ClFN3O. The molecule has 1 saturated heterocycles. The predicted molar refractivity (Wildman–Crippen MR) is 83.8 cm³/mol. The minimum atomic E-state index is -0.234. The first-order valence-corrected chi connectivity index (χ1v) is 7.02. The summed E-state index contributed by atoms with van der Waals surface area (Å²) in [5, 5.41) is 2.83. The molecular weight excluding hydrogens is 293 g/mol. The van der Waals surface area contributed by atoms with Gasteiger partial charge in [0.25, 0.3) is 0 Å². The van der Waals surface area contributed by atoms with Gasteiger partial charge in [0.1, 0.15) is 5.82 Å². The van der Waals surface area contributed by atoms with Gasteiger partial charge in [0.05, 0.1) is 6.54 Å². The summed E-state index contributed by atoms with van der Waals surface area (Å²) < 4.78 is 13.4. The monoisotopic (exact) mass is 315 g/mol. The summed E-state index contributed by atoms with van der Waals surface area (Å²) in [5.74, 6) is 0.250. The molecule has 1 fully saturated rings. The Bertz CT molecular complexity index is 484. The van der Waals surface area contributed by atoms with Gasteiger partial charge in [-0.15, -0.1) is 12.4 Å². The molecule has 1 aliphatic rings. The molecule has 1 atom stereocenters. The van der Waals surface area contributed by atoms with Crippen molar-refractivity contribution in [1.82, 2.24) is 10.2 Å². The number of hydrogen-bond donors (Lipinski definition) is 2. The van der Waals surface area contributed by atoms with Gasteiger partial charge in [-0.05, 0) is 49.5 Å². The second kappa shape index (κ2) is 8.32. The molecule has 1 heterocycles. The van der Waals surface area contributed by atoms with E-state index in [1.165, 1.54) is 6.07 Å². The van der Waals surface area contributed by atoms with E-state index in [1.54, 1.807) is 13.0 Å². The predicted octanol–water partition coefficient (Wildman–Crippen LogP) is 1.45. The van der Waals surface area contributed by atoms with Crippen LogP contribution in [0.5, 0.6) is 0 Å². The van der Waals surface area contributed by atoms with Gasteiger partial charge in [-0.2, -0.15) is 0 Å². The first kappa shape index (κ1) is 17.9. The summed E-state index contributed by atoms with van der Waals surface area (Å²) in [4.78, 5) is 14.0. The Morgan fingerprint density at radius 2 is 2.29 bits per heavy atom. The number of amides is 1. The van der Waals surface area contributed by atoms with Crippen molar-refractivity contribution in [3.05, 3.63) is 35.1 Å². The number of likely N-dealkylation sites (tertiary alicyclic amines) is 1. The Labute approximate surface area is 131 Å². The molecule has 0 spiro atoms. The second-order valence-corrected chi connectivity index (χ2v) is 5.49. The van der Waals surface area contributed by atoms with Crippen LogP contribution < -0.4 is 11.1 Å². The Kier molecular flexibility index (Phi) is 7.08. The SMILES string of the molecule is Cc1ccc(CNC(=O)CN2CCC(CN)C2)cc1F.Cl. The highest BCUT2D eigenvalue weighted by atomic mass is 35.5. The Balaban J connectivity index is 0.00000220. The number of aryl methyl sites for hydroxylation is 1. The normalized spacial score (nSPS) is 18.3. The molecule has 1 aromatic rings. The van der Waals surface area contributed by atoms with Gasteiger partial charge in [-0.25, -0.2) is 4.39 Å². The van der Waals surface area contributed by atoms with Crippen molar-refractivity contribution in [2.75, 3.05) is 26.2 Å². The first-order chi connectivity index (χ1) is 9.58. The minimum Gasteiger partial charge on any atom is -0.351 e. The second-order valence-electron chi connectivity index (χ2n) is 5.49. The third-order valence-electron chi connectivity index (χ3n) is 3.80. The zero-order valence-corrected chi connectivity index (χ0v) is 13.1. The number of hydrogen-bond acceptors (Lipinski definition) is 3. The number of nitrogens with one attached hydrogen (secondary N) is 1. The molecule has 0 aromatic heterocycles. The van der Waals surface area contributed by atoms with E-state index >= 15 is 0 Å². The molecule has 1 unspecified atom stereocenters. The van der Waals surface area contributed by atoms with E-state index in [0.29, 0.717) is 31.1 Å². The lowest BCUT2D eigenvalue weighted by atomic mass is 10.1. The van der Waals surface area contributed by atoms with E-state index < -0.39 is 0 Å². The third-order valence-corrected chi connectivity index (χ3v) is 3.80. The van der Waals surface area contributed by atoms with E-state index in [0.717, 1.165) is 25.1 Å². The average molecular weight is 316 g/mol. The van der Waals surface area contributed by atoms with E-state index in [2.05, 4.69) is 10.2 Å². The summed E-state index contributed by atoms with van der Waals surface area (Å²) in [6.07, 6.45) is 1.06. The lowest BCUT2D eigenvalue weighted by Crippen LogP contribution is -2.36. The summed E-state index contributed by atoms with van der Waals surface area (Å²) in [6, 6.07) is 5.03. The van der Waals surface area contributed by atoms with Crippen LogP contribution in [0.3, 0.4) is 0 Å². The van der Waals surface area contributed by atoms with Crippen LogP contribution in [0.15, 0.2) is 18.2 Å². The highest BCUT2D eigenvalue weighted by molar-refractivity contribution is 5.85. The van der Waals surface area contributed by atoms with Gasteiger partial charge >= 0.3 is 0 Å². The highest BCUT2D eigenvalue weighted by Gasteiger charge is 2.22. The number of rotatable bonds is 5. The maximum absolute atomic E-state index is 13.4. The Morgan fingerprint density at radius 1 is 1.52 bits per heavy atom. The fourth-order valence-electron chi connectivity index (χ4n) is 2.45. The number of nitrogens with two attached hydrogens (primary N) is 1. The zero-order chi connectivity index (χ0) is 14.5. The van der Waals surface area contributed by atoms with Crippen molar-refractivity contribution in [2.45, 2.75) is 19.9 Å². The fraction of sp³-hybridized carbons (Fsp3) is 0.533. The maximum atomic E-state index is 13.4. The summed E-state index contributed by atoms with van der Waals surface area (Å²) in [5.41, 5.74) is 7.02. The van der Waals surface area contributed by atoms with Crippen molar-refractivity contribution in [3.8, 4) is 0 Å². The molecule has 0 saturated carbocycles. The van der Waals surface area contributed by atoms with E-state index in [9.17, 15) is 9.18 Å². The maximum Gasteiger partial charge on any atom is 0.234 e. The molecule has 1 aliphatic heterocycles. The van der Waals surface area contributed by atoms with Gasteiger partial charge in [-0.1, -0.05) is 12.1 Å². The fourth-order valence-corrected chi connectivity index (χ4v) is 2.45. The summed E-state index contributed by atoms with van der Waals surface area (Å²) in [6.45, 7) is 4.98. The van der Waals surface area contributed by atoms with Crippen LogP contribution in [0, 0.1) is 18.7 Å². The number of halogens is 2. The van der Waals surface area contributed by atoms with Crippen LogP contribution in [0.2, 0.25) is 0 Å². The Morgan fingerprint density at radius 3 is 2.90 bits per heavy atom. The molecule has 2 rings (SSSR count). The average Bonchev–Trinajstić information content (AvgIpc) is 2.88. The number of benzene rings is 1. The van der Waals surface area contributed by atoms with Gasteiger partial charge in [0, 0.05) is 13.1 Å². The zero-order valence-electron chi connectivity index (χ0n) is 12.3. The van der Waals surface area contributed by atoms with Crippen molar-refractivity contribution in [2.24, 2.45) is 11.7 Å². The summed E-state index contributed by atoms with van der Waals surface area (Å²) >= 11 is 0. The molecule has 0 radical (unpaired) electrons.